The molecule has 0 aromatic heterocycles. The van der Waals surface area contributed by atoms with Gasteiger partial charge in [-0.3, -0.25) is 0 Å². The molecule has 0 aliphatic heterocycles. The van der Waals surface area contributed by atoms with Crippen molar-refractivity contribution in [2.75, 3.05) is 0 Å². The molecule has 3 rings (SSSR count). The van der Waals surface area contributed by atoms with Crippen LogP contribution in [0.15, 0.2) is 77.3 Å². The lowest BCUT2D eigenvalue weighted by Crippen LogP contribution is -2.28. The van der Waals surface area contributed by atoms with E-state index in [0.29, 0.717) is 21.2 Å². The largest absolute Gasteiger partial charge is 0.376 e. The molecule has 3 aromatic rings. The molecule has 0 radical (unpaired) electrons. The van der Waals surface area contributed by atoms with Gasteiger partial charge in [0.1, 0.15) is 5.60 Å². The highest BCUT2D eigenvalue weighted by Crippen LogP contribution is 2.38. The summed E-state index contributed by atoms with van der Waals surface area (Å²) in [5.41, 5.74) is 0.783. The predicted molar refractivity (Wildman–Crippen MR) is 99.1 cm³/mol. The van der Waals surface area contributed by atoms with Gasteiger partial charge in [0.15, 0.2) is 0 Å². The van der Waals surface area contributed by atoms with E-state index in [9.17, 15) is 5.11 Å². The number of halogens is 3. The van der Waals surface area contributed by atoms with E-state index in [2.05, 4.69) is 15.9 Å². The molecule has 116 valence electrons. The van der Waals surface area contributed by atoms with E-state index in [1.165, 1.54) is 0 Å². The van der Waals surface area contributed by atoms with Gasteiger partial charge in [0.2, 0.25) is 0 Å². The van der Waals surface area contributed by atoms with E-state index in [0.717, 1.165) is 10.0 Å². The number of hydrogen-bond acceptors (Lipinski definition) is 1. The van der Waals surface area contributed by atoms with Crippen LogP contribution < -0.4 is 0 Å². The van der Waals surface area contributed by atoms with Crippen LogP contribution in [0, 0.1) is 0 Å². The van der Waals surface area contributed by atoms with Crippen molar-refractivity contribution in [1.29, 1.82) is 0 Å². The zero-order valence-corrected chi connectivity index (χ0v) is 15.1. The van der Waals surface area contributed by atoms with Gasteiger partial charge >= 0.3 is 0 Å². The monoisotopic (exact) mass is 406 g/mol. The maximum atomic E-state index is 11.6. The van der Waals surface area contributed by atoms with Crippen molar-refractivity contribution in [1.82, 2.24) is 0 Å². The highest BCUT2D eigenvalue weighted by molar-refractivity contribution is 9.10. The highest BCUT2D eigenvalue weighted by Gasteiger charge is 2.34. The van der Waals surface area contributed by atoms with Crippen LogP contribution in [0.1, 0.15) is 16.7 Å². The summed E-state index contributed by atoms with van der Waals surface area (Å²) in [6.07, 6.45) is 0. The number of rotatable bonds is 3. The van der Waals surface area contributed by atoms with Crippen LogP contribution in [0.5, 0.6) is 0 Å². The van der Waals surface area contributed by atoms with Crippen molar-refractivity contribution in [3.8, 4) is 0 Å². The second-order valence-corrected chi connectivity index (χ2v) is 7.03. The minimum absolute atomic E-state index is 0.570. The normalized spacial score (nSPS) is 11.5. The van der Waals surface area contributed by atoms with E-state index in [1.807, 2.05) is 48.5 Å². The molecule has 0 heterocycles. The van der Waals surface area contributed by atoms with Gasteiger partial charge in [-0.2, -0.15) is 0 Å². The lowest BCUT2D eigenvalue weighted by atomic mass is 9.80. The quantitative estimate of drug-likeness (QED) is 0.524. The summed E-state index contributed by atoms with van der Waals surface area (Å²) in [5, 5.41) is 12.8. The molecule has 0 aliphatic rings. The molecular weight excluding hydrogens is 395 g/mol. The minimum atomic E-state index is -1.34. The maximum absolute atomic E-state index is 11.6. The van der Waals surface area contributed by atoms with Crippen LogP contribution in [0.2, 0.25) is 10.0 Å². The summed E-state index contributed by atoms with van der Waals surface area (Å²) in [7, 11) is 0. The molecule has 0 fully saturated rings. The molecule has 0 spiro atoms. The molecule has 0 aliphatic carbocycles. The Morgan fingerprint density at radius 2 is 1.17 bits per heavy atom. The first-order valence-corrected chi connectivity index (χ1v) is 8.55. The molecule has 0 amide bonds. The average Bonchev–Trinajstić information content (AvgIpc) is 2.55. The van der Waals surface area contributed by atoms with E-state index >= 15 is 0 Å². The van der Waals surface area contributed by atoms with Gasteiger partial charge in [0.25, 0.3) is 0 Å². The molecule has 0 atom stereocenters. The number of aliphatic hydroxyl groups is 1. The second-order valence-electron chi connectivity index (χ2n) is 5.24. The fourth-order valence-electron chi connectivity index (χ4n) is 2.62. The Hall–Kier alpha value is -1.32. The summed E-state index contributed by atoms with van der Waals surface area (Å²) in [4.78, 5) is 0. The van der Waals surface area contributed by atoms with E-state index in [1.54, 1.807) is 24.3 Å². The summed E-state index contributed by atoms with van der Waals surface area (Å²) in [5.74, 6) is 0. The van der Waals surface area contributed by atoms with Crippen LogP contribution in [0.3, 0.4) is 0 Å². The second kappa shape index (κ2) is 6.66. The van der Waals surface area contributed by atoms with Crippen LogP contribution in [0.4, 0.5) is 0 Å². The topological polar surface area (TPSA) is 20.2 Å². The standard InChI is InChI=1S/C19H13BrCl2O/c20-16-9-7-13(8-10-16)19(23,14-3-1-5-17(21)11-14)15-4-2-6-18(22)12-15/h1-12,23H. The first kappa shape index (κ1) is 16.5. The molecule has 0 saturated heterocycles. The summed E-state index contributed by atoms with van der Waals surface area (Å²) in [6, 6.07) is 22.0. The van der Waals surface area contributed by atoms with Gasteiger partial charge in [-0.15, -0.1) is 0 Å². The molecule has 0 saturated carbocycles. The Morgan fingerprint density at radius 1 is 0.696 bits per heavy atom. The maximum Gasteiger partial charge on any atom is 0.140 e. The van der Waals surface area contributed by atoms with Crippen LogP contribution in [-0.2, 0) is 5.60 Å². The fraction of sp³-hybridized carbons (Fsp3) is 0.0526. The van der Waals surface area contributed by atoms with Gasteiger partial charge in [-0.05, 0) is 53.1 Å². The number of hydrogen-bond donors (Lipinski definition) is 1. The highest BCUT2D eigenvalue weighted by atomic mass is 79.9. The molecule has 1 nitrogen and oxygen atoms in total. The molecule has 4 heteroatoms. The van der Waals surface area contributed by atoms with Crippen molar-refractivity contribution in [2.45, 2.75) is 5.60 Å². The smallest absolute Gasteiger partial charge is 0.140 e. The molecule has 0 unspecified atom stereocenters. The molecule has 23 heavy (non-hydrogen) atoms. The Morgan fingerprint density at radius 3 is 1.61 bits per heavy atom. The van der Waals surface area contributed by atoms with Crippen molar-refractivity contribution >= 4 is 39.1 Å². The van der Waals surface area contributed by atoms with Gasteiger partial charge < -0.3 is 5.11 Å². The van der Waals surface area contributed by atoms with Crippen LogP contribution in [-0.4, -0.2) is 5.11 Å². The van der Waals surface area contributed by atoms with Crippen molar-refractivity contribution < 1.29 is 5.11 Å². The molecular formula is C19H13BrCl2O. The van der Waals surface area contributed by atoms with Crippen molar-refractivity contribution in [3.63, 3.8) is 0 Å². The zero-order chi connectivity index (χ0) is 16.4. The SMILES string of the molecule is OC(c1ccc(Br)cc1)(c1cccc(Cl)c1)c1cccc(Cl)c1. The van der Waals surface area contributed by atoms with Crippen LogP contribution >= 0.6 is 39.1 Å². The lowest BCUT2D eigenvalue weighted by Gasteiger charge is -2.30. The Bertz CT molecular complexity index is 785. The van der Waals surface area contributed by atoms with E-state index in [4.69, 9.17) is 23.2 Å². The van der Waals surface area contributed by atoms with Crippen molar-refractivity contribution in [3.05, 3.63) is 104 Å². The average molecular weight is 408 g/mol. The third kappa shape index (κ3) is 3.31. The van der Waals surface area contributed by atoms with Gasteiger partial charge in [-0.25, -0.2) is 0 Å². The molecule has 1 N–H and O–H groups in total. The first-order chi connectivity index (χ1) is 11.0. The minimum Gasteiger partial charge on any atom is -0.376 e. The Kier molecular flexibility index (Phi) is 4.79. The predicted octanol–water partition coefficient (Wildman–Crippen LogP) is 6.04. The van der Waals surface area contributed by atoms with Gasteiger partial charge in [-0.1, -0.05) is 75.5 Å². The third-order valence-corrected chi connectivity index (χ3v) is 4.75. The first-order valence-electron chi connectivity index (χ1n) is 7.00. The molecule has 0 bridgehead atoms. The Balaban J connectivity index is 2.27. The fourth-order valence-corrected chi connectivity index (χ4v) is 3.26. The number of benzene rings is 3. The van der Waals surface area contributed by atoms with E-state index in [-0.39, 0.29) is 0 Å². The lowest BCUT2D eigenvalue weighted by molar-refractivity contribution is 0.125. The summed E-state index contributed by atoms with van der Waals surface area (Å²) < 4.78 is 0.945. The zero-order valence-electron chi connectivity index (χ0n) is 12.0. The molecule has 3 aromatic carbocycles. The van der Waals surface area contributed by atoms with E-state index < -0.39 is 5.60 Å². The Labute approximate surface area is 153 Å². The summed E-state index contributed by atoms with van der Waals surface area (Å²) >= 11 is 15.7. The van der Waals surface area contributed by atoms with Crippen LogP contribution in [0.25, 0.3) is 0 Å². The van der Waals surface area contributed by atoms with Crippen molar-refractivity contribution in [2.24, 2.45) is 0 Å². The summed E-state index contributed by atoms with van der Waals surface area (Å²) in [6.45, 7) is 0. The third-order valence-electron chi connectivity index (χ3n) is 3.75. The van der Waals surface area contributed by atoms with Gasteiger partial charge in [0.05, 0.1) is 0 Å². The van der Waals surface area contributed by atoms with Gasteiger partial charge in [0, 0.05) is 14.5 Å².